The lowest BCUT2D eigenvalue weighted by molar-refractivity contribution is -0.384. The number of amides is 1. The predicted octanol–water partition coefficient (Wildman–Crippen LogP) is 2.52. The number of hydrazone groups is 1. The molecule has 130 valence electrons. The van der Waals surface area contributed by atoms with Crippen LogP contribution in [0.15, 0.2) is 53.6 Å². The highest BCUT2D eigenvalue weighted by atomic mass is 16.6. The van der Waals surface area contributed by atoms with Gasteiger partial charge in [0.1, 0.15) is 11.5 Å². The van der Waals surface area contributed by atoms with Gasteiger partial charge in [-0.3, -0.25) is 14.9 Å². The van der Waals surface area contributed by atoms with Gasteiger partial charge in [0.15, 0.2) is 6.61 Å². The quantitative estimate of drug-likeness (QED) is 0.473. The zero-order valence-corrected chi connectivity index (χ0v) is 13.8. The summed E-state index contributed by atoms with van der Waals surface area (Å²) in [5, 5.41) is 14.7. The Hall–Kier alpha value is -3.42. The molecule has 2 rings (SSSR count). The highest BCUT2D eigenvalue weighted by molar-refractivity contribution is 5.99. The van der Waals surface area contributed by atoms with E-state index in [1.54, 1.807) is 50.4 Å². The number of nitro benzene ring substituents is 1. The Labute approximate surface area is 144 Å². The number of hydrogen-bond donors (Lipinski definition) is 1. The van der Waals surface area contributed by atoms with E-state index in [0.717, 1.165) is 0 Å². The van der Waals surface area contributed by atoms with Crippen molar-refractivity contribution in [2.24, 2.45) is 5.10 Å². The second-order valence-corrected chi connectivity index (χ2v) is 5.00. The minimum absolute atomic E-state index is 0.0405. The molecule has 0 saturated carbocycles. The Morgan fingerprint density at radius 3 is 2.52 bits per heavy atom. The summed E-state index contributed by atoms with van der Waals surface area (Å²) in [5.41, 5.74) is 3.30. The van der Waals surface area contributed by atoms with E-state index in [1.165, 1.54) is 12.1 Å². The van der Waals surface area contributed by atoms with Crippen LogP contribution in [0.1, 0.15) is 12.5 Å². The molecular weight excluding hydrogens is 326 g/mol. The van der Waals surface area contributed by atoms with Crippen LogP contribution in [0.4, 0.5) is 5.69 Å². The molecule has 0 radical (unpaired) electrons. The topological polar surface area (TPSA) is 103 Å². The average molecular weight is 343 g/mol. The molecule has 0 heterocycles. The zero-order chi connectivity index (χ0) is 18.2. The van der Waals surface area contributed by atoms with Crippen LogP contribution in [-0.4, -0.2) is 30.3 Å². The molecular formula is C17H17N3O5. The number of carbonyl (C=O) groups excluding carboxylic acids is 1. The SMILES string of the molecule is COc1ccc(OCC(=O)N/N=C(\C)c2cccc([N+](=O)[O-])c2)cc1. The van der Waals surface area contributed by atoms with E-state index in [9.17, 15) is 14.9 Å². The highest BCUT2D eigenvalue weighted by Gasteiger charge is 2.08. The summed E-state index contributed by atoms with van der Waals surface area (Å²) in [4.78, 5) is 22.1. The fourth-order valence-electron chi connectivity index (χ4n) is 1.91. The smallest absolute Gasteiger partial charge is 0.277 e. The first-order valence-corrected chi connectivity index (χ1v) is 7.34. The van der Waals surface area contributed by atoms with Crippen LogP contribution in [-0.2, 0) is 4.79 Å². The fourth-order valence-corrected chi connectivity index (χ4v) is 1.91. The second kappa shape index (κ2) is 8.44. The second-order valence-electron chi connectivity index (χ2n) is 5.00. The minimum atomic E-state index is -0.488. The molecule has 0 unspecified atom stereocenters. The molecule has 0 bridgehead atoms. The molecule has 1 amide bonds. The van der Waals surface area contributed by atoms with Gasteiger partial charge in [-0.2, -0.15) is 5.10 Å². The van der Waals surface area contributed by atoms with E-state index < -0.39 is 10.8 Å². The first-order valence-electron chi connectivity index (χ1n) is 7.34. The number of hydrogen-bond acceptors (Lipinski definition) is 6. The Balaban J connectivity index is 1.90. The molecule has 0 aliphatic carbocycles. The zero-order valence-electron chi connectivity index (χ0n) is 13.8. The number of nitro groups is 1. The van der Waals surface area contributed by atoms with E-state index in [-0.39, 0.29) is 12.3 Å². The normalized spacial score (nSPS) is 10.9. The number of non-ortho nitro benzene ring substituents is 1. The summed E-state index contributed by atoms with van der Waals surface area (Å²) in [6, 6.07) is 12.8. The minimum Gasteiger partial charge on any atom is -0.497 e. The molecule has 0 fully saturated rings. The number of benzene rings is 2. The number of nitrogens with zero attached hydrogens (tertiary/aromatic N) is 2. The predicted molar refractivity (Wildman–Crippen MR) is 91.9 cm³/mol. The van der Waals surface area contributed by atoms with Crippen molar-refractivity contribution in [2.75, 3.05) is 13.7 Å². The number of nitrogens with one attached hydrogen (secondary N) is 1. The van der Waals surface area contributed by atoms with Crippen LogP contribution in [0.25, 0.3) is 0 Å². The van der Waals surface area contributed by atoms with Crippen molar-refractivity contribution in [2.45, 2.75) is 6.92 Å². The number of rotatable bonds is 7. The van der Waals surface area contributed by atoms with E-state index >= 15 is 0 Å². The van der Waals surface area contributed by atoms with Crippen LogP contribution >= 0.6 is 0 Å². The maximum Gasteiger partial charge on any atom is 0.277 e. The molecule has 2 aromatic carbocycles. The molecule has 0 aromatic heterocycles. The van der Waals surface area contributed by atoms with Gasteiger partial charge in [0, 0.05) is 17.7 Å². The van der Waals surface area contributed by atoms with Gasteiger partial charge in [0.05, 0.1) is 17.7 Å². The van der Waals surface area contributed by atoms with Crippen LogP contribution < -0.4 is 14.9 Å². The summed E-state index contributed by atoms with van der Waals surface area (Å²) in [7, 11) is 1.56. The van der Waals surface area contributed by atoms with E-state index in [0.29, 0.717) is 22.8 Å². The molecule has 2 aromatic rings. The lowest BCUT2D eigenvalue weighted by atomic mass is 10.1. The van der Waals surface area contributed by atoms with E-state index in [1.807, 2.05) is 0 Å². The molecule has 8 heteroatoms. The summed E-state index contributed by atoms with van der Waals surface area (Å²) in [5.74, 6) is 0.768. The Kier molecular flexibility index (Phi) is 6.05. The average Bonchev–Trinajstić information content (AvgIpc) is 2.64. The molecule has 0 spiro atoms. The Bertz CT molecular complexity index is 787. The standard InChI is InChI=1S/C17H17N3O5/c1-12(13-4-3-5-14(10-13)20(22)23)18-19-17(21)11-25-16-8-6-15(24-2)7-9-16/h3-10H,11H2,1-2H3,(H,19,21)/b18-12+. The van der Waals surface area contributed by atoms with Crippen molar-refractivity contribution >= 4 is 17.3 Å². The lowest BCUT2D eigenvalue weighted by Gasteiger charge is -2.06. The molecule has 0 atom stereocenters. The van der Waals surface area contributed by atoms with Gasteiger partial charge >= 0.3 is 0 Å². The van der Waals surface area contributed by atoms with Crippen molar-refractivity contribution in [1.29, 1.82) is 0 Å². The van der Waals surface area contributed by atoms with Gasteiger partial charge in [-0.05, 0) is 31.2 Å². The molecule has 0 saturated heterocycles. The molecule has 1 N–H and O–H groups in total. The maximum absolute atomic E-state index is 11.8. The first-order chi connectivity index (χ1) is 12.0. The van der Waals surface area contributed by atoms with Crippen LogP contribution in [0.5, 0.6) is 11.5 Å². The summed E-state index contributed by atoms with van der Waals surface area (Å²) in [6.07, 6.45) is 0. The number of carbonyl (C=O) groups is 1. The van der Waals surface area contributed by atoms with Crippen LogP contribution in [0.2, 0.25) is 0 Å². The van der Waals surface area contributed by atoms with Crippen LogP contribution in [0.3, 0.4) is 0 Å². The van der Waals surface area contributed by atoms with Gasteiger partial charge < -0.3 is 9.47 Å². The molecule has 8 nitrogen and oxygen atoms in total. The maximum atomic E-state index is 11.8. The van der Waals surface area contributed by atoms with Crippen molar-refractivity contribution in [3.8, 4) is 11.5 Å². The number of methoxy groups -OCH3 is 1. The Morgan fingerprint density at radius 2 is 1.88 bits per heavy atom. The summed E-state index contributed by atoms with van der Waals surface area (Å²) in [6.45, 7) is 1.43. The van der Waals surface area contributed by atoms with Crippen molar-refractivity contribution in [3.05, 3.63) is 64.2 Å². The monoisotopic (exact) mass is 343 g/mol. The number of ether oxygens (including phenoxy) is 2. The van der Waals surface area contributed by atoms with Crippen molar-refractivity contribution in [1.82, 2.24) is 5.43 Å². The third-order valence-electron chi connectivity index (χ3n) is 3.25. The highest BCUT2D eigenvalue weighted by Crippen LogP contribution is 2.17. The lowest BCUT2D eigenvalue weighted by Crippen LogP contribution is -2.25. The van der Waals surface area contributed by atoms with Crippen LogP contribution in [0, 0.1) is 10.1 Å². The third kappa shape index (κ3) is 5.31. The molecule has 0 aliphatic rings. The molecule has 25 heavy (non-hydrogen) atoms. The molecule has 0 aliphatic heterocycles. The van der Waals surface area contributed by atoms with E-state index in [4.69, 9.17) is 9.47 Å². The van der Waals surface area contributed by atoms with Gasteiger partial charge in [-0.25, -0.2) is 5.43 Å². The van der Waals surface area contributed by atoms with Gasteiger partial charge in [0.25, 0.3) is 11.6 Å². The van der Waals surface area contributed by atoms with Gasteiger partial charge in [-0.1, -0.05) is 12.1 Å². The third-order valence-corrected chi connectivity index (χ3v) is 3.25. The Morgan fingerprint density at radius 1 is 1.20 bits per heavy atom. The first kappa shape index (κ1) is 17.9. The fraction of sp³-hybridized carbons (Fsp3) is 0.176. The van der Waals surface area contributed by atoms with Crippen molar-refractivity contribution < 1.29 is 19.2 Å². The summed E-state index contributed by atoms with van der Waals surface area (Å²) < 4.78 is 10.4. The largest absolute Gasteiger partial charge is 0.497 e. The van der Waals surface area contributed by atoms with Gasteiger partial charge in [-0.15, -0.1) is 0 Å². The van der Waals surface area contributed by atoms with Gasteiger partial charge in [0.2, 0.25) is 0 Å². The van der Waals surface area contributed by atoms with E-state index in [2.05, 4.69) is 10.5 Å². The summed E-state index contributed by atoms with van der Waals surface area (Å²) >= 11 is 0. The van der Waals surface area contributed by atoms with Crippen molar-refractivity contribution in [3.63, 3.8) is 0 Å².